The Labute approximate surface area is 373 Å². The second-order valence-electron chi connectivity index (χ2n) is 16.3. The summed E-state index contributed by atoms with van der Waals surface area (Å²) in [7, 11) is 0. The lowest BCUT2D eigenvalue weighted by molar-refractivity contribution is 1.17. The molecule has 0 aliphatic carbocycles. The van der Waals surface area contributed by atoms with Gasteiger partial charge in [0.2, 0.25) is 0 Å². The van der Waals surface area contributed by atoms with Crippen molar-refractivity contribution in [2.24, 2.45) is 0 Å². The van der Waals surface area contributed by atoms with Gasteiger partial charge in [-0.3, -0.25) is 0 Å². The Morgan fingerprint density at radius 1 is 0.344 bits per heavy atom. The molecule has 5 heteroatoms. The fourth-order valence-corrected chi connectivity index (χ4v) is 10.8. The highest BCUT2D eigenvalue weighted by molar-refractivity contribution is 7.26. The van der Waals surface area contributed by atoms with E-state index in [2.05, 4.69) is 217 Å². The molecule has 9 aromatic carbocycles. The van der Waals surface area contributed by atoms with E-state index in [1.807, 2.05) is 17.4 Å². The number of rotatable bonds is 6. The van der Waals surface area contributed by atoms with Crippen LogP contribution in [0.5, 0.6) is 0 Å². The Morgan fingerprint density at radius 2 is 0.953 bits per heavy atom. The maximum absolute atomic E-state index is 5.53. The third kappa shape index (κ3) is 5.86. The summed E-state index contributed by atoms with van der Waals surface area (Å²) in [6, 6.07) is 77.7. The topological polar surface area (TPSA) is 43.6 Å². The minimum atomic E-state index is 0.685. The van der Waals surface area contributed by atoms with E-state index in [1.54, 1.807) is 0 Å². The zero-order valence-corrected chi connectivity index (χ0v) is 35.3. The summed E-state index contributed by atoms with van der Waals surface area (Å²) in [6.07, 6.45) is 0. The van der Waals surface area contributed by atoms with Crippen LogP contribution in [0.4, 0.5) is 0 Å². The van der Waals surface area contributed by atoms with Gasteiger partial charge in [-0.15, -0.1) is 11.3 Å². The van der Waals surface area contributed by atoms with Crippen LogP contribution in [-0.2, 0) is 0 Å². The molecule has 0 spiro atoms. The molecule has 0 saturated heterocycles. The lowest BCUT2D eigenvalue weighted by Gasteiger charge is -2.15. The average molecular weight is 833 g/mol. The van der Waals surface area contributed by atoms with E-state index < -0.39 is 0 Å². The van der Waals surface area contributed by atoms with Gasteiger partial charge in [0.15, 0.2) is 5.82 Å². The number of fused-ring (bicyclic) bond motifs is 10. The van der Waals surface area contributed by atoms with Crippen LogP contribution in [-0.4, -0.2) is 19.5 Å². The standard InChI is InChI=1S/C59H36N4S/c1-4-15-38(16-5-1)49-36-50(61-59(60-49)41-31-33-52-48(35-41)44-21-10-12-25-51(44)63(52)42-19-8-3-9-20-42)39-29-27-37(28-30-39)43-23-14-24-46-55-47(57(62-58(43)46)40-17-6-2-7-18-40)32-34-54-56(55)45-22-11-13-26-53(45)64-54/h1-36H. The van der Waals surface area contributed by atoms with Crippen LogP contribution < -0.4 is 0 Å². The number of benzene rings is 9. The maximum Gasteiger partial charge on any atom is 0.160 e. The summed E-state index contributed by atoms with van der Waals surface area (Å²) >= 11 is 1.85. The van der Waals surface area contributed by atoms with Crippen molar-refractivity contribution in [3.63, 3.8) is 0 Å². The summed E-state index contributed by atoms with van der Waals surface area (Å²) in [6.45, 7) is 0. The van der Waals surface area contributed by atoms with E-state index in [1.165, 1.54) is 36.5 Å². The highest BCUT2D eigenvalue weighted by Gasteiger charge is 2.20. The molecule has 0 aliphatic rings. The Kier molecular flexibility index (Phi) is 8.36. The molecule has 0 N–H and O–H groups in total. The number of hydrogen-bond acceptors (Lipinski definition) is 4. The van der Waals surface area contributed by atoms with Crippen molar-refractivity contribution in [2.75, 3.05) is 0 Å². The van der Waals surface area contributed by atoms with E-state index in [9.17, 15) is 0 Å². The molecule has 4 nitrogen and oxygen atoms in total. The van der Waals surface area contributed by atoms with Gasteiger partial charge in [0.05, 0.1) is 33.6 Å². The molecule has 0 unspecified atom stereocenters. The summed E-state index contributed by atoms with van der Waals surface area (Å²) in [4.78, 5) is 16.1. The van der Waals surface area contributed by atoms with Crippen molar-refractivity contribution < 1.29 is 0 Å². The number of hydrogen-bond donors (Lipinski definition) is 0. The normalized spacial score (nSPS) is 11.8. The molecule has 0 amide bonds. The predicted octanol–water partition coefficient (Wildman–Crippen LogP) is 16.0. The molecule has 13 aromatic rings. The predicted molar refractivity (Wildman–Crippen MR) is 269 cm³/mol. The van der Waals surface area contributed by atoms with E-state index >= 15 is 0 Å². The van der Waals surface area contributed by atoms with Gasteiger partial charge < -0.3 is 4.57 Å². The first-order valence-corrected chi connectivity index (χ1v) is 22.4. The third-order valence-corrected chi connectivity index (χ3v) is 13.7. The second-order valence-corrected chi connectivity index (χ2v) is 17.4. The smallest absolute Gasteiger partial charge is 0.160 e. The Bertz CT molecular complexity index is 3930. The summed E-state index contributed by atoms with van der Waals surface area (Å²) in [5, 5.41) is 8.51. The fraction of sp³-hybridized carbons (Fsp3) is 0. The minimum absolute atomic E-state index is 0.685. The van der Waals surface area contributed by atoms with Gasteiger partial charge in [-0.25, -0.2) is 15.0 Å². The van der Waals surface area contributed by atoms with Gasteiger partial charge in [0, 0.05) is 80.6 Å². The van der Waals surface area contributed by atoms with Gasteiger partial charge in [-0.2, -0.15) is 0 Å². The Balaban J connectivity index is 0.968. The van der Waals surface area contributed by atoms with Crippen LogP contribution in [0.15, 0.2) is 218 Å². The quantitative estimate of drug-likeness (QED) is 0.157. The van der Waals surface area contributed by atoms with Crippen molar-refractivity contribution >= 4 is 75.0 Å². The summed E-state index contributed by atoms with van der Waals surface area (Å²) < 4.78 is 4.92. The van der Waals surface area contributed by atoms with E-state index in [0.29, 0.717) is 5.82 Å². The maximum atomic E-state index is 5.53. The van der Waals surface area contributed by atoms with Gasteiger partial charge in [0.25, 0.3) is 0 Å². The Hall–Kier alpha value is -8.25. The van der Waals surface area contributed by atoms with Gasteiger partial charge in [0.1, 0.15) is 0 Å². The Morgan fingerprint density at radius 3 is 1.73 bits per heavy atom. The van der Waals surface area contributed by atoms with Crippen molar-refractivity contribution in [3.8, 4) is 62.0 Å². The number of nitrogens with zero attached hydrogens (tertiary/aromatic N) is 4. The molecular weight excluding hydrogens is 797 g/mol. The zero-order valence-electron chi connectivity index (χ0n) is 34.5. The fourth-order valence-electron chi connectivity index (χ4n) is 9.65. The lowest BCUT2D eigenvalue weighted by Crippen LogP contribution is -1.96. The monoisotopic (exact) mass is 832 g/mol. The first-order valence-electron chi connectivity index (χ1n) is 21.6. The average Bonchev–Trinajstić information content (AvgIpc) is 3.92. The molecule has 4 aromatic heterocycles. The van der Waals surface area contributed by atoms with Crippen LogP contribution in [0.2, 0.25) is 0 Å². The third-order valence-electron chi connectivity index (χ3n) is 12.6. The van der Waals surface area contributed by atoms with Crippen LogP contribution in [0.1, 0.15) is 0 Å². The van der Waals surface area contributed by atoms with Crippen LogP contribution in [0.3, 0.4) is 0 Å². The molecular formula is C59H36N4S. The van der Waals surface area contributed by atoms with Crippen molar-refractivity contribution in [1.29, 1.82) is 0 Å². The van der Waals surface area contributed by atoms with Crippen molar-refractivity contribution in [1.82, 2.24) is 19.5 Å². The molecule has 0 bridgehead atoms. The molecule has 0 fully saturated rings. The number of aromatic nitrogens is 4. The highest BCUT2D eigenvalue weighted by Crippen LogP contribution is 2.45. The molecule has 0 aliphatic heterocycles. The van der Waals surface area contributed by atoms with Crippen LogP contribution in [0.25, 0.3) is 126 Å². The highest BCUT2D eigenvalue weighted by atomic mass is 32.1. The molecule has 298 valence electrons. The summed E-state index contributed by atoms with van der Waals surface area (Å²) in [5.41, 5.74) is 13.5. The van der Waals surface area contributed by atoms with Crippen LogP contribution in [0, 0.1) is 0 Å². The van der Waals surface area contributed by atoms with Gasteiger partial charge in [-0.1, -0.05) is 164 Å². The number of pyridine rings is 1. The first kappa shape index (κ1) is 36.4. The zero-order chi connectivity index (χ0) is 42.1. The SMILES string of the molecule is c1ccc(-c2cc(-c3ccc(-c4cccc5c4nc(-c4ccccc4)c4ccc6sc7ccccc7c6c45)cc3)nc(-c3ccc4c(c3)c3ccccc3n4-c3ccccc3)n2)cc1. The largest absolute Gasteiger partial charge is 0.309 e. The van der Waals surface area contributed by atoms with Gasteiger partial charge in [-0.05, 0) is 60.2 Å². The van der Waals surface area contributed by atoms with E-state index in [0.717, 1.165) is 83.3 Å². The molecule has 13 rings (SSSR count). The molecule has 0 atom stereocenters. The van der Waals surface area contributed by atoms with Crippen molar-refractivity contribution in [3.05, 3.63) is 218 Å². The van der Waals surface area contributed by atoms with E-state index in [4.69, 9.17) is 15.0 Å². The summed E-state index contributed by atoms with van der Waals surface area (Å²) in [5.74, 6) is 0.685. The van der Waals surface area contributed by atoms with Crippen LogP contribution >= 0.6 is 11.3 Å². The minimum Gasteiger partial charge on any atom is -0.309 e. The van der Waals surface area contributed by atoms with Gasteiger partial charge >= 0.3 is 0 Å². The molecule has 4 heterocycles. The van der Waals surface area contributed by atoms with E-state index in [-0.39, 0.29) is 0 Å². The number of thiophene rings is 1. The molecule has 0 radical (unpaired) electrons. The molecule has 0 saturated carbocycles. The molecule has 64 heavy (non-hydrogen) atoms. The lowest BCUT2D eigenvalue weighted by atomic mass is 9.93. The number of para-hydroxylation sites is 3. The first-order chi connectivity index (χ1) is 31.7. The second kappa shape index (κ2) is 14.7. The van der Waals surface area contributed by atoms with Crippen molar-refractivity contribution in [2.45, 2.75) is 0 Å².